The SMILES string of the molecule is C=C[C@@H](OCc1ccccc1)[C@@H](OCc1ccccc1)[C@H](/C=C\c1ccccc1)NC(=O)OCc1ccccc1. The molecule has 1 N–H and O–H groups in total. The lowest BCUT2D eigenvalue weighted by Crippen LogP contribution is -2.49. The van der Waals surface area contributed by atoms with E-state index in [1.165, 1.54) is 0 Å². The first kappa shape index (κ1) is 28.6. The summed E-state index contributed by atoms with van der Waals surface area (Å²) in [6.07, 6.45) is 3.93. The third-order valence-corrected chi connectivity index (χ3v) is 6.27. The van der Waals surface area contributed by atoms with E-state index in [0.717, 1.165) is 22.3 Å². The van der Waals surface area contributed by atoms with Crippen LogP contribution in [0.4, 0.5) is 4.79 Å². The minimum Gasteiger partial charge on any atom is -0.445 e. The molecule has 5 heteroatoms. The predicted octanol–water partition coefficient (Wildman–Crippen LogP) is 7.35. The van der Waals surface area contributed by atoms with E-state index in [9.17, 15) is 4.79 Å². The fourth-order valence-corrected chi connectivity index (χ4v) is 4.15. The summed E-state index contributed by atoms with van der Waals surface area (Å²) in [7, 11) is 0. The number of amides is 1. The number of ether oxygens (including phenoxy) is 3. The maximum Gasteiger partial charge on any atom is 0.408 e. The van der Waals surface area contributed by atoms with E-state index in [1.807, 2.05) is 133 Å². The van der Waals surface area contributed by atoms with Crippen molar-refractivity contribution in [3.8, 4) is 0 Å². The molecule has 0 aromatic heterocycles. The molecule has 3 atom stereocenters. The maximum absolute atomic E-state index is 13.0. The Labute approximate surface area is 236 Å². The first-order valence-electron chi connectivity index (χ1n) is 13.4. The van der Waals surface area contributed by atoms with Gasteiger partial charge in [-0.25, -0.2) is 4.79 Å². The van der Waals surface area contributed by atoms with E-state index >= 15 is 0 Å². The summed E-state index contributed by atoms with van der Waals surface area (Å²) in [5.41, 5.74) is 3.94. The Balaban J connectivity index is 1.57. The molecule has 0 saturated carbocycles. The quantitative estimate of drug-likeness (QED) is 0.172. The number of carbonyl (C=O) groups excluding carboxylic acids is 1. The Bertz CT molecular complexity index is 1310. The van der Waals surface area contributed by atoms with Crippen molar-refractivity contribution >= 4 is 12.2 Å². The Morgan fingerprint density at radius 2 is 1.15 bits per heavy atom. The molecule has 0 saturated heterocycles. The fraction of sp³-hybridized carbons (Fsp3) is 0.171. The van der Waals surface area contributed by atoms with Gasteiger partial charge in [-0.05, 0) is 22.3 Å². The lowest BCUT2D eigenvalue weighted by atomic mass is 10.0. The van der Waals surface area contributed by atoms with Crippen LogP contribution in [0.3, 0.4) is 0 Å². The highest BCUT2D eigenvalue weighted by atomic mass is 16.6. The second kappa shape index (κ2) is 15.8. The summed E-state index contributed by atoms with van der Waals surface area (Å²) in [5, 5.41) is 3.01. The Hall–Kier alpha value is -4.45. The van der Waals surface area contributed by atoms with Gasteiger partial charge in [-0.15, -0.1) is 6.58 Å². The first-order chi connectivity index (χ1) is 19.7. The zero-order valence-electron chi connectivity index (χ0n) is 22.5. The molecule has 0 fully saturated rings. The van der Waals surface area contributed by atoms with Crippen molar-refractivity contribution in [3.05, 3.63) is 162 Å². The van der Waals surface area contributed by atoms with Crippen LogP contribution in [0, 0.1) is 0 Å². The van der Waals surface area contributed by atoms with Crippen LogP contribution < -0.4 is 5.32 Å². The van der Waals surface area contributed by atoms with Gasteiger partial charge in [0.05, 0.1) is 19.3 Å². The molecule has 4 aromatic carbocycles. The lowest BCUT2D eigenvalue weighted by molar-refractivity contribution is -0.0729. The molecule has 204 valence electrons. The van der Waals surface area contributed by atoms with Crippen molar-refractivity contribution in [2.24, 2.45) is 0 Å². The minimum atomic E-state index is -0.592. The highest BCUT2D eigenvalue weighted by Gasteiger charge is 2.30. The molecule has 0 aliphatic carbocycles. The largest absolute Gasteiger partial charge is 0.445 e. The van der Waals surface area contributed by atoms with E-state index in [1.54, 1.807) is 6.08 Å². The number of benzene rings is 4. The minimum absolute atomic E-state index is 0.159. The van der Waals surface area contributed by atoms with E-state index in [-0.39, 0.29) is 6.61 Å². The molecule has 0 radical (unpaired) electrons. The molecule has 5 nitrogen and oxygen atoms in total. The van der Waals surface area contributed by atoms with E-state index in [4.69, 9.17) is 14.2 Å². The Morgan fingerprint density at radius 3 is 1.68 bits per heavy atom. The molecule has 0 bridgehead atoms. The second-order valence-electron chi connectivity index (χ2n) is 9.26. The van der Waals surface area contributed by atoms with E-state index < -0.39 is 24.3 Å². The van der Waals surface area contributed by atoms with E-state index in [0.29, 0.717) is 13.2 Å². The van der Waals surface area contributed by atoms with Crippen molar-refractivity contribution in [2.45, 2.75) is 38.1 Å². The third kappa shape index (κ3) is 9.38. The van der Waals surface area contributed by atoms with Gasteiger partial charge in [-0.3, -0.25) is 0 Å². The number of hydrogen-bond acceptors (Lipinski definition) is 4. The zero-order chi connectivity index (χ0) is 27.8. The molecule has 0 unspecified atom stereocenters. The number of alkyl carbamates (subject to hydrolysis) is 1. The highest BCUT2D eigenvalue weighted by Crippen LogP contribution is 2.18. The van der Waals surface area contributed by atoms with Crippen LogP contribution in [0.2, 0.25) is 0 Å². The third-order valence-electron chi connectivity index (χ3n) is 6.27. The zero-order valence-corrected chi connectivity index (χ0v) is 22.5. The van der Waals surface area contributed by atoms with Crippen molar-refractivity contribution in [3.63, 3.8) is 0 Å². The van der Waals surface area contributed by atoms with Crippen LogP contribution in [0.5, 0.6) is 0 Å². The van der Waals surface area contributed by atoms with Crippen LogP contribution in [-0.2, 0) is 34.0 Å². The first-order valence-corrected chi connectivity index (χ1v) is 13.4. The van der Waals surface area contributed by atoms with Crippen LogP contribution in [-0.4, -0.2) is 24.3 Å². The average Bonchev–Trinajstić information content (AvgIpc) is 3.02. The molecule has 40 heavy (non-hydrogen) atoms. The molecule has 0 aliphatic rings. The average molecular weight is 534 g/mol. The van der Waals surface area contributed by atoms with E-state index in [2.05, 4.69) is 11.9 Å². The van der Waals surface area contributed by atoms with Crippen molar-refractivity contribution in [1.82, 2.24) is 5.32 Å². The predicted molar refractivity (Wildman–Crippen MR) is 159 cm³/mol. The van der Waals surface area contributed by atoms with Crippen LogP contribution in [0.15, 0.2) is 140 Å². The lowest BCUT2D eigenvalue weighted by Gasteiger charge is -2.31. The normalized spacial score (nSPS) is 13.3. The van der Waals surface area contributed by atoms with Gasteiger partial charge in [0.25, 0.3) is 0 Å². The summed E-state index contributed by atoms with van der Waals surface area (Å²) < 4.78 is 18.3. The van der Waals surface area contributed by atoms with Gasteiger partial charge >= 0.3 is 6.09 Å². The topological polar surface area (TPSA) is 56.8 Å². The standard InChI is InChI=1S/C35H35NO4/c1-2-33(38-25-29-17-9-4-10-18-29)34(39-26-30-19-11-5-12-20-30)32(24-23-28-15-7-3-8-16-28)36-35(37)40-27-31-21-13-6-14-22-31/h2-24,32-34H,1,25-27H2,(H,36,37)/b24-23-/t32-,33+,34-/m0/s1. The molecule has 0 aliphatic heterocycles. The number of nitrogens with one attached hydrogen (secondary N) is 1. The molecular weight excluding hydrogens is 498 g/mol. The van der Waals surface area contributed by atoms with Gasteiger partial charge in [0, 0.05) is 0 Å². The summed E-state index contributed by atoms with van der Waals surface area (Å²) in [6.45, 7) is 4.90. The smallest absolute Gasteiger partial charge is 0.408 e. The van der Waals surface area contributed by atoms with Crippen molar-refractivity contribution in [1.29, 1.82) is 0 Å². The Morgan fingerprint density at radius 1 is 0.675 bits per heavy atom. The maximum atomic E-state index is 13.0. The van der Waals surface area contributed by atoms with Gasteiger partial charge < -0.3 is 19.5 Å². The van der Waals surface area contributed by atoms with Crippen LogP contribution in [0.25, 0.3) is 6.08 Å². The molecule has 4 rings (SSSR count). The number of carbonyl (C=O) groups is 1. The Kier molecular flexibility index (Phi) is 11.3. The van der Waals surface area contributed by atoms with Gasteiger partial charge in [0.2, 0.25) is 0 Å². The van der Waals surface area contributed by atoms with Crippen LogP contribution in [0.1, 0.15) is 22.3 Å². The van der Waals surface area contributed by atoms with Gasteiger partial charge in [0.1, 0.15) is 18.8 Å². The summed E-state index contributed by atoms with van der Waals surface area (Å²) in [5.74, 6) is 0. The van der Waals surface area contributed by atoms with Gasteiger partial charge in [-0.2, -0.15) is 0 Å². The molecule has 1 amide bonds. The summed E-state index contributed by atoms with van der Waals surface area (Å²) >= 11 is 0. The fourth-order valence-electron chi connectivity index (χ4n) is 4.15. The van der Waals surface area contributed by atoms with Gasteiger partial charge in [-0.1, -0.05) is 140 Å². The highest BCUT2D eigenvalue weighted by molar-refractivity contribution is 5.68. The van der Waals surface area contributed by atoms with Crippen molar-refractivity contribution in [2.75, 3.05) is 0 Å². The van der Waals surface area contributed by atoms with Crippen molar-refractivity contribution < 1.29 is 19.0 Å². The summed E-state index contributed by atoms with van der Waals surface area (Å²) in [6, 6.07) is 38.7. The molecule has 0 spiro atoms. The number of hydrogen-bond donors (Lipinski definition) is 1. The molecule has 0 heterocycles. The molecule has 4 aromatic rings. The summed E-state index contributed by atoms with van der Waals surface area (Å²) in [4.78, 5) is 13.0. The van der Waals surface area contributed by atoms with Crippen LogP contribution >= 0.6 is 0 Å². The second-order valence-corrected chi connectivity index (χ2v) is 9.26. The monoisotopic (exact) mass is 533 g/mol. The molecular formula is C35H35NO4. The van der Waals surface area contributed by atoms with Gasteiger partial charge in [0.15, 0.2) is 0 Å². The number of rotatable bonds is 14.